The van der Waals surface area contributed by atoms with Gasteiger partial charge in [0.05, 0.1) is 18.0 Å². The van der Waals surface area contributed by atoms with E-state index in [1.165, 1.54) is 29.6 Å². The summed E-state index contributed by atoms with van der Waals surface area (Å²) < 4.78 is 49.5. The van der Waals surface area contributed by atoms with Gasteiger partial charge in [0.1, 0.15) is 11.6 Å². The van der Waals surface area contributed by atoms with Gasteiger partial charge in [-0.1, -0.05) is 49.7 Å². The van der Waals surface area contributed by atoms with E-state index in [-0.39, 0.29) is 41.4 Å². The van der Waals surface area contributed by atoms with Gasteiger partial charge in [-0.3, -0.25) is 4.79 Å². The fourth-order valence-corrected chi connectivity index (χ4v) is 8.06. The van der Waals surface area contributed by atoms with Gasteiger partial charge in [-0.15, -0.1) is 0 Å². The highest BCUT2D eigenvalue weighted by Crippen LogP contribution is 2.31. The average Bonchev–Trinajstić information content (AvgIpc) is 2.97. The van der Waals surface area contributed by atoms with E-state index in [9.17, 15) is 13.2 Å². The summed E-state index contributed by atoms with van der Waals surface area (Å²) in [5.41, 5.74) is 8.46. The lowest BCUT2D eigenvalue weighted by atomic mass is 9.80. The predicted octanol–water partition coefficient (Wildman–Crippen LogP) is 5.35. The lowest BCUT2D eigenvalue weighted by Gasteiger charge is -2.40. The molecule has 7 nitrogen and oxygen atoms in total. The van der Waals surface area contributed by atoms with Crippen molar-refractivity contribution in [1.29, 1.82) is 0 Å². The van der Waals surface area contributed by atoms with E-state index in [0.717, 1.165) is 5.56 Å². The highest BCUT2D eigenvalue weighted by molar-refractivity contribution is 7.89. The minimum atomic E-state index is -3.82. The van der Waals surface area contributed by atoms with E-state index >= 15 is 4.39 Å². The van der Waals surface area contributed by atoms with Gasteiger partial charge in [-0.05, 0) is 84.8 Å². The highest BCUT2D eigenvalue weighted by Gasteiger charge is 2.38. The van der Waals surface area contributed by atoms with Crippen molar-refractivity contribution in [2.45, 2.75) is 69.0 Å². The number of hydrogen-bond acceptors (Lipinski definition) is 6. The monoisotopic (exact) mass is 629 g/mol. The van der Waals surface area contributed by atoms with Gasteiger partial charge >= 0.3 is 0 Å². The number of Topliss-reactive ketones (excluding diaryl/α,β-unsaturated/α-hetero) is 1. The van der Waals surface area contributed by atoms with Crippen LogP contribution in [0.5, 0.6) is 5.75 Å². The molecular weight excluding hydrogens is 589 g/mol. The van der Waals surface area contributed by atoms with E-state index in [0.29, 0.717) is 41.4 Å². The number of benzene rings is 3. The van der Waals surface area contributed by atoms with Crippen LogP contribution in [-0.4, -0.2) is 56.8 Å². The van der Waals surface area contributed by atoms with Crippen molar-refractivity contribution in [3.05, 3.63) is 94.3 Å². The molecular formula is C33H41ClFN3O4S. The van der Waals surface area contributed by atoms with E-state index < -0.39 is 27.9 Å². The molecule has 0 aromatic heterocycles. The topological polar surface area (TPSA) is 102 Å². The molecule has 0 spiro atoms. The standard InChI is InChI=1S/C33H41ClFN3O4S/c1-21(2)32(23-8-10-25(34)11-9-23)33(36)31(39)18-24-6-5-7-30(35)29(24)17-12-26-20-37-19-22(3)38(26)43(40,41)28-15-13-27(42-4)14-16-28/h5-11,13-16,21-22,26,32-33,37H,12,17-20,36H2,1-4H3/t22-,26-,32+,33+/m0/s1. The number of sulfonamides is 1. The molecule has 3 aromatic rings. The lowest BCUT2D eigenvalue weighted by Crippen LogP contribution is -2.58. The first-order valence-corrected chi connectivity index (χ1v) is 16.4. The summed E-state index contributed by atoms with van der Waals surface area (Å²) in [4.78, 5) is 13.7. The van der Waals surface area contributed by atoms with Crippen molar-refractivity contribution >= 4 is 27.4 Å². The summed E-state index contributed by atoms with van der Waals surface area (Å²) in [7, 11) is -2.30. The normalized spacial score (nSPS) is 19.3. The molecule has 0 unspecified atom stereocenters. The fraction of sp³-hybridized carbons (Fsp3) is 0.424. The van der Waals surface area contributed by atoms with E-state index in [2.05, 4.69) is 5.32 Å². The van der Waals surface area contributed by atoms with E-state index in [1.54, 1.807) is 36.4 Å². The highest BCUT2D eigenvalue weighted by atomic mass is 35.5. The molecule has 0 bridgehead atoms. The van der Waals surface area contributed by atoms with Gasteiger partial charge in [0.2, 0.25) is 10.0 Å². The van der Waals surface area contributed by atoms with Gasteiger partial charge in [0.15, 0.2) is 5.78 Å². The van der Waals surface area contributed by atoms with Crippen LogP contribution in [0.3, 0.4) is 0 Å². The number of ketones is 1. The molecule has 0 saturated carbocycles. The summed E-state index contributed by atoms with van der Waals surface area (Å²) >= 11 is 6.07. The average molecular weight is 630 g/mol. The molecule has 0 amide bonds. The third kappa shape index (κ3) is 7.64. The van der Waals surface area contributed by atoms with Crippen LogP contribution in [0.1, 0.15) is 49.8 Å². The van der Waals surface area contributed by atoms with Gasteiger partial charge in [-0.2, -0.15) is 4.31 Å². The molecule has 4 atom stereocenters. The Morgan fingerprint density at radius 3 is 2.40 bits per heavy atom. The number of methoxy groups -OCH3 is 1. The lowest BCUT2D eigenvalue weighted by molar-refractivity contribution is -0.120. The third-order valence-corrected chi connectivity index (χ3v) is 10.6. The van der Waals surface area contributed by atoms with Crippen LogP contribution >= 0.6 is 11.6 Å². The van der Waals surface area contributed by atoms with Gasteiger partial charge in [0, 0.05) is 42.5 Å². The van der Waals surface area contributed by atoms with Crippen molar-refractivity contribution < 1.29 is 22.3 Å². The summed E-state index contributed by atoms with van der Waals surface area (Å²) in [5, 5.41) is 3.92. The SMILES string of the molecule is COc1ccc(S(=O)(=O)N2[C@@H](CCc3c(F)cccc3CC(=O)[C@@H](N)[C@@H](c3ccc(Cl)cc3)C(C)C)CNC[C@@H]2C)cc1. The Labute approximate surface area is 259 Å². The maximum absolute atomic E-state index is 15.3. The quantitative estimate of drug-likeness (QED) is 0.280. The first-order valence-electron chi connectivity index (χ1n) is 14.6. The zero-order valence-electron chi connectivity index (χ0n) is 25.1. The van der Waals surface area contributed by atoms with Crippen LogP contribution in [-0.2, 0) is 27.7 Å². The molecule has 1 heterocycles. The minimum absolute atomic E-state index is 0.0156. The third-order valence-electron chi connectivity index (χ3n) is 8.29. The number of nitrogens with two attached hydrogens (primary N) is 1. The van der Waals surface area contributed by atoms with Crippen LogP contribution in [0.4, 0.5) is 4.39 Å². The molecule has 43 heavy (non-hydrogen) atoms. The summed E-state index contributed by atoms with van der Waals surface area (Å²) in [5.74, 6) is -0.173. The molecule has 1 saturated heterocycles. The van der Waals surface area contributed by atoms with Crippen molar-refractivity contribution in [2.75, 3.05) is 20.2 Å². The second kappa shape index (κ2) is 14.3. The van der Waals surface area contributed by atoms with Crippen molar-refractivity contribution in [1.82, 2.24) is 9.62 Å². The maximum atomic E-state index is 15.3. The Bertz CT molecular complexity index is 1500. The molecule has 3 N–H and O–H groups in total. The zero-order valence-corrected chi connectivity index (χ0v) is 26.7. The number of carbonyl (C=O) groups is 1. The Hall–Kier alpha value is -2.82. The van der Waals surface area contributed by atoms with Gasteiger partial charge < -0.3 is 15.8 Å². The molecule has 10 heteroatoms. The number of rotatable bonds is 12. The molecule has 232 valence electrons. The number of nitrogens with one attached hydrogen (secondary N) is 1. The first kappa shape index (κ1) is 33.1. The largest absolute Gasteiger partial charge is 0.497 e. The van der Waals surface area contributed by atoms with Crippen LogP contribution in [0.15, 0.2) is 71.6 Å². The van der Waals surface area contributed by atoms with Crippen LogP contribution in [0.25, 0.3) is 0 Å². The van der Waals surface area contributed by atoms with E-state index in [4.69, 9.17) is 22.1 Å². The molecule has 0 radical (unpaired) electrons. The van der Waals surface area contributed by atoms with Gasteiger partial charge in [-0.25, -0.2) is 12.8 Å². The Morgan fingerprint density at radius 1 is 1.09 bits per heavy atom. The molecule has 1 aliphatic rings. The van der Waals surface area contributed by atoms with Crippen molar-refractivity contribution in [3.8, 4) is 5.75 Å². The summed E-state index contributed by atoms with van der Waals surface area (Å²) in [6, 6.07) is 16.9. The fourth-order valence-electron chi connectivity index (χ4n) is 6.09. The molecule has 4 rings (SSSR count). The Balaban J connectivity index is 1.54. The summed E-state index contributed by atoms with van der Waals surface area (Å²) in [6.07, 6.45) is 0.627. The number of halogens is 2. The summed E-state index contributed by atoms with van der Waals surface area (Å²) in [6.45, 7) is 6.84. The first-order chi connectivity index (χ1) is 20.4. The number of nitrogens with zero attached hydrogens (tertiary/aromatic N) is 1. The second-order valence-corrected chi connectivity index (χ2v) is 13.9. The van der Waals surface area contributed by atoms with Crippen LogP contribution in [0.2, 0.25) is 5.02 Å². The number of ether oxygens (including phenoxy) is 1. The molecule has 1 fully saturated rings. The van der Waals surface area contributed by atoms with Crippen LogP contribution in [0, 0.1) is 11.7 Å². The smallest absolute Gasteiger partial charge is 0.243 e. The second-order valence-electron chi connectivity index (χ2n) is 11.6. The Kier molecular flexibility index (Phi) is 11.0. The van der Waals surface area contributed by atoms with Crippen molar-refractivity contribution in [3.63, 3.8) is 0 Å². The molecule has 0 aliphatic carbocycles. The number of hydrogen-bond donors (Lipinski definition) is 2. The zero-order chi connectivity index (χ0) is 31.3. The molecule has 1 aliphatic heterocycles. The van der Waals surface area contributed by atoms with E-state index in [1.807, 2.05) is 32.9 Å². The van der Waals surface area contributed by atoms with Gasteiger partial charge in [0.25, 0.3) is 0 Å². The number of piperazine rings is 1. The predicted molar refractivity (Wildman–Crippen MR) is 169 cm³/mol. The van der Waals surface area contributed by atoms with Crippen molar-refractivity contribution in [2.24, 2.45) is 11.7 Å². The minimum Gasteiger partial charge on any atom is -0.497 e. The maximum Gasteiger partial charge on any atom is 0.243 e. The Morgan fingerprint density at radius 2 is 1.77 bits per heavy atom. The number of carbonyl (C=O) groups excluding carboxylic acids is 1. The molecule has 3 aromatic carbocycles. The van der Waals surface area contributed by atoms with Crippen LogP contribution < -0.4 is 15.8 Å².